The summed E-state index contributed by atoms with van der Waals surface area (Å²) in [6, 6.07) is 16.2. The van der Waals surface area contributed by atoms with Gasteiger partial charge in [-0.25, -0.2) is 0 Å². The topological polar surface area (TPSA) is 94.7 Å². The Hall–Kier alpha value is -3.56. The number of nitrogens with zero attached hydrogens (tertiary/aromatic N) is 2. The van der Waals surface area contributed by atoms with Gasteiger partial charge in [0.25, 0.3) is 5.91 Å². The fourth-order valence-corrected chi connectivity index (χ4v) is 2.43. The van der Waals surface area contributed by atoms with Crippen molar-refractivity contribution in [2.75, 3.05) is 0 Å². The van der Waals surface area contributed by atoms with Crippen LogP contribution < -0.4 is 5.32 Å². The van der Waals surface area contributed by atoms with Crippen molar-refractivity contribution in [1.29, 1.82) is 5.26 Å². The third-order valence-electron chi connectivity index (χ3n) is 3.99. The quantitative estimate of drug-likeness (QED) is 0.843. The van der Waals surface area contributed by atoms with E-state index in [1.807, 2.05) is 6.07 Å². The number of rotatable bonds is 4. The van der Waals surface area contributed by atoms with Gasteiger partial charge in [-0.05, 0) is 42.0 Å². The van der Waals surface area contributed by atoms with Gasteiger partial charge in [-0.2, -0.15) is 18.4 Å². The predicted octanol–water partition coefficient (Wildman–Crippen LogP) is 2.46. The minimum Gasteiger partial charge on any atom is -0.350 e. The summed E-state index contributed by atoms with van der Waals surface area (Å²) in [5, 5.41) is 24.2. The summed E-state index contributed by atoms with van der Waals surface area (Å²) in [6.07, 6.45) is -5.86. The molecule has 1 aliphatic rings. The fraction of sp³-hybridized carbons (Fsp3) is 0.211. The molecule has 3 rings (SSSR count). The number of hydrogen-bond acceptors (Lipinski definition) is 5. The molecule has 0 spiro atoms. The van der Waals surface area contributed by atoms with Gasteiger partial charge < -0.3 is 15.3 Å². The van der Waals surface area contributed by atoms with Crippen molar-refractivity contribution in [3.05, 3.63) is 70.8 Å². The second kappa shape index (κ2) is 7.22. The molecule has 0 fully saturated rings. The monoisotopic (exact) mass is 387 g/mol. The smallest absolute Gasteiger partial charge is 0.350 e. The third-order valence-corrected chi connectivity index (χ3v) is 3.99. The highest BCUT2D eigenvalue weighted by Gasteiger charge is 2.60. The summed E-state index contributed by atoms with van der Waals surface area (Å²) < 4.78 is 38.4. The fourth-order valence-electron chi connectivity index (χ4n) is 2.43. The number of alkyl halides is 3. The second-order valence-electron chi connectivity index (χ2n) is 6.01. The molecule has 1 atom stereocenters. The Morgan fingerprint density at radius 3 is 2.71 bits per heavy atom. The third kappa shape index (κ3) is 3.90. The maximum absolute atomic E-state index is 12.8. The van der Waals surface area contributed by atoms with Gasteiger partial charge in [0.15, 0.2) is 0 Å². The molecule has 0 saturated heterocycles. The molecule has 1 aliphatic heterocycles. The van der Waals surface area contributed by atoms with Crippen LogP contribution in [0.3, 0.4) is 0 Å². The summed E-state index contributed by atoms with van der Waals surface area (Å²) >= 11 is 0. The highest BCUT2D eigenvalue weighted by molar-refractivity contribution is 6.01. The van der Waals surface area contributed by atoms with E-state index in [2.05, 4.69) is 27.4 Å². The average molecular weight is 387 g/mol. The van der Waals surface area contributed by atoms with Crippen LogP contribution in [0.5, 0.6) is 0 Å². The second-order valence-corrected chi connectivity index (χ2v) is 6.01. The molecule has 1 heterocycles. The Labute approximate surface area is 157 Å². The molecule has 2 aromatic rings. The van der Waals surface area contributed by atoms with Gasteiger partial charge >= 0.3 is 12.0 Å². The molecule has 9 heteroatoms. The zero-order valence-corrected chi connectivity index (χ0v) is 14.2. The van der Waals surface area contributed by atoms with E-state index in [0.29, 0.717) is 16.7 Å². The van der Waals surface area contributed by atoms with Gasteiger partial charge in [-0.15, -0.1) is 0 Å². The highest BCUT2D eigenvalue weighted by atomic mass is 19.4. The van der Waals surface area contributed by atoms with Gasteiger partial charge in [-0.3, -0.25) is 4.79 Å². The molecule has 0 saturated carbocycles. The average Bonchev–Trinajstić information content (AvgIpc) is 3.10. The van der Waals surface area contributed by atoms with Crippen LogP contribution in [-0.4, -0.2) is 28.7 Å². The van der Waals surface area contributed by atoms with E-state index in [4.69, 9.17) is 5.26 Å². The number of oxime groups is 1. The van der Waals surface area contributed by atoms with Crippen LogP contribution in [0.2, 0.25) is 0 Å². The maximum Gasteiger partial charge on any atom is 0.458 e. The summed E-state index contributed by atoms with van der Waals surface area (Å²) in [4.78, 5) is 16.3. The predicted molar refractivity (Wildman–Crippen MR) is 89.7 cm³/mol. The number of carbonyl (C=O) groups is 1. The number of benzene rings is 1. The van der Waals surface area contributed by atoms with Crippen LogP contribution in [0.4, 0.5) is 13.2 Å². The van der Waals surface area contributed by atoms with Gasteiger partial charge in [0, 0.05) is 12.1 Å². The lowest BCUT2D eigenvalue weighted by atomic mass is 10.0. The first kappa shape index (κ1) is 19.2. The lowest BCUT2D eigenvalue weighted by Gasteiger charge is -2.22. The Balaban J connectivity index is 1.66. The lowest BCUT2D eigenvalue weighted by molar-refractivity contribution is -0.355. The number of aliphatic hydroxyl groups is 1. The molecule has 1 amide bonds. The standard InChI is InChI=1S/C19H12F3N3O3/c20-19(21,22)18(27)9-16(25-28-18)15-3-1-2-13(8-15)11-24-17(26)14-6-4-12(10-23)5-7-14/h2,4-8,27H,9,11H2,(H,24,26). The molecule has 0 aliphatic carbocycles. The van der Waals surface area contributed by atoms with E-state index in [9.17, 15) is 23.1 Å². The molecular formula is C19H12F3N3O3. The van der Waals surface area contributed by atoms with Gasteiger partial charge in [-0.1, -0.05) is 17.3 Å². The molecule has 0 radical (unpaired) electrons. The van der Waals surface area contributed by atoms with Crippen LogP contribution in [-0.2, 0) is 11.4 Å². The normalized spacial score (nSPS) is 18.5. The van der Waals surface area contributed by atoms with Crippen LogP contribution in [0.25, 0.3) is 0 Å². The van der Waals surface area contributed by atoms with Crippen LogP contribution in [0, 0.1) is 23.5 Å². The molecule has 0 aromatic heterocycles. The Kier molecular flexibility index (Phi) is 4.95. The number of nitriles is 1. The van der Waals surface area contributed by atoms with Gasteiger partial charge in [0.05, 0.1) is 23.6 Å². The first-order valence-corrected chi connectivity index (χ1v) is 7.97. The summed E-state index contributed by atoms with van der Waals surface area (Å²) in [5.74, 6) is -3.75. The minimum absolute atomic E-state index is 0.0781. The first-order valence-electron chi connectivity index (χ1n) is 7.97. The number of carbonyl (C=O) groups excluding carboxylic acids is 1. The molecule has 142 valence electrons. The summed E-state index contributed by atoms with van der Waals surface area (Å²) in [5.41, 5.74) is 1.37. The molecule has 6 nitrogen and oxygen atoms in total. The molecular weight excluding hydrogens is 375 g/mol. The first-order chi connectivity index (χ1) is 13.2. The van der Waals surface area contributed by atoms with E-state index >= 15 is 0 Å². The zero-order chi connectivity index (χ0) is 20.4. The van der Waals surface area contributed by atoms with Crippen molar-refractivity contribution in [2.24, 2.45) is 5.16 Å². The van der Waals surface area contributed by atoms with Gasteiger partial charge in [0.2, 0.25) is 0 Å². The summed E-state index contributed by atoms with van der Waals surface area (Å²) in [7, 11) is 0. The number of amides is 1. The Morgan fingerprint density at radius 2 is 2.11 bits per heavy atom. The largest absolute Gasteiger partial charge is 0.458 e. The molecule has 0 bridgehead atoms. The molecule has 2 N–H and O–H groups in total. The van der Waals surface area contributed by atoms with Gasteiger partial charge in [0.1, 0.15) is 5.71 Å². The Morgan fingerprint density at radius 1 is 1.39 bits per heavy atom. The zero-order valence-electron chi connectivity index (χ0n) is 14.2. The van der Waals surface area contributed by atoms with Crippen molar-refractivity contribution in [3.63, 3.8) is 0 Å². The van der Waals surface area contributed by atoms with E-state index < -0.39 is 18.4 Å². The Bertz CT molecular complexity index is 965. The van der Waals surface area contributed by atoms with Crippen LogP contribution in [0.1, 0.15) is 33.5 Å². The number of halogens is 3. The minimum atomic E-state index is -4.99. The number of hydrogen-bond donors (Lipinski definition) is 2. The SMILES string of the molecule is N#Cc1ccc(C(=O)NCc2cc#cc(C3=NOC(O)(C(F)(F)F)C3)c2)cc1. The van der Waals surface area contributed by atoms with Crippen molar-refractivity contribution in [3.8, 4) is 6.07 Å². The number of nitrogens with one attached hydrogen (secondary N) is 1. The summed E-state index contributed by atoms with van der Waals surface area (Å²) in [6.45, 7) is 0.0781. The van der Waals surface area contributed by atoms with E-state index in [0.717, 1.165) is 0 Å². The van der Waals surface area contributed by atoms with Crippen molar-refractivity contribution in [2.45, 2.75) is 24.9 Å². The maximum atomic E-state index is 12.8. The van der Waals surface area contributed by atoms with Crippen molar-refractivity contribution < 1.29 is 27.9 Å². The molecule has 1 unspecified atom stereocenters. The molecule has 2 aromatic carbocycles. The van der Waals surface area contributed by atoms with Crippen molar-refractivity contribution in [1.82, 2.24) is 5.32 Å². The van der Waals surface area contributed by atoms with Crippen LogP contribution in [0.15, 0.2) is 41.6 Å². The van der Waals surface area contributed by atoms with Crippen LogP contribution >= 0.6 is 0 Å². The van der Waals surface area contributed by atoms with Crippen molar-refractivity contribution >= 4 is 11.6 Å². The van der Waals surface area contributed by atoms with E-state index in [1.165, 1.54) is 36.4 Å². The van der Waals surface area contributed by atoms with E-state index in [-0.39, 0.29) is 23.7 Å². The highest BCUT2D eigenvalue weighted by Crippen LogP contribution is 2.38. The molecule has 28 heavy (non-hydrogen) atoms. The lowest BCUT2D eigenvalue weighted by Crippen LogP contribution is -2.45. The van der Waals surface area contributed by atoms with E-state index in [1.54, 1.807) is 0 Å².